The van der Waals surface area contributed by atoms with Crippen molar-refractivity contribution in [2.45, 2.75) is 12.5 Å². The van der Waals surface area contributed by atoms with Crippen LogP contribution < -0.4 is 0 Å². The van der Waals surface area contributed by atoms with E-state index in [1.54, 1.807) is 6.08 Å². The lowest BCUT2D eigenvalue weighted by molar-refractivity contribution is 0.183. The summed E-state index contributed by atoms with van der Waals surface area (Å²) >= 11 is 0. The number of hydrogen-bond acceptors (Lipinski definition) is 1. The Morgan fingerprint density at radius 1 is 1.13 bits per heavy atom. The monoisotopic (exact) mass is 198 g/mol. The molecule has 0 aliphatic heterocycles. The Balaban J connectivity index is 2.55. The van der Waals surface area contributed by atoms with Gasteiger partial charge in [-0.15, -0.1) is 6.58 Å². The highest BCUT2D eigenvalue weighted by Crippen LogP contribution is 2.25. The summed E-state index contributed by atoms with van der Waals surface area (Å²) in [7, 11) is 0. The lowest BCUT2D eigenvalue weighted by atomic mass is 9.99. The number of hydrogen-bond donors (Lipinski definition) is 1. The minimum Gasteiger partial charge on any atom is -0.388 e. The molecule has 0 saturated carbocycles. The Hall–Kier alpha value is -1.60. The number of fused-ring (bicyclic) bond motifs is 1. The van der Waals surface area contributed by atoms with Crippen molar-refractivity contribution >= 4 is 10.8 Å². The van der Waals surface area contributed by atoms with Gasteiger partial charge in [-0.2, -0.15) is 0 Å². The van der Waals surface area contributed by atoms with E-state index in [1.165, 1.54) is 0 Å². The fraction of sp³-hybridized carbons (Fsp3) is 0.143. The van der Waals surface area contributed by atoms with E-state index < -0.39 is 6.10 Å². The van der Waals surface area contributed by atoms with Gasteiger partial charge in [-0.05, 0) is 22.8 Å². The van der Waals surface area contributed by atoms with E-state index in [1.807, 2.05) is 30.3 Å². The molecule has 0 unspecified atom stereocenters. The number of aliphatic hydroxyl groups is 1. The minimum atomic E-state index is -0.450. The summed E-state index contributed by atoms with van der Waals surface area (Å²) in [6, 6.07) is 14.1. The molecule has 0 aliphatic rings. The summed E-state index contributed by atoms with van der Waals surface area (Å²) in [5, 5.41) is 12.2. The van der Waals surface area contributed by atoms with Gasteiger partial charge in [-0.25, -0.2) is 0 Å². The van der Waals surface area contributed by atoms with Crippen LogP contribution in [0.4, 0.5) is 0 Å². The molecule has 0 heterocycles. The van der Waals surface area contributed by atoms with Crippen LogP contribution in [0.25, 0.3) is 10.8 Å². The Morgan fingerprint density at radius 2 is 1.87 bits per heavy atom. The minimum absolute atomic E-state index is 0.450. The zero-order valence-electron chi connectivity index (χ0n) is 8.56. The molecule has 1 heteroatoms. The van der Waals surface area contributed by atoms with Crippen LogP contribution in [-0.4, -0.2) is 5.11 Å². The van der Waals surface area contributed by atoms with Gasteiger partial charge in [0.2, 0.25) is 0 Å². The molecule has 0 saturated heterocycles. The smallest absolute Gasteiger partial charge is 0.0830 e. The lowest BCUT2D eigenvalue weighted by Crippen LogP contribution is -1.96. The molecule has 1 nitrogen and oxygen atoms in total. The van der Waals surface area contributed by atoms with Crippen molar-refractivity contribution in [3.05, 3.63) is 60.7 Å². The summed E-state index contributed by atoms with van der Waals surface area (Å²) < 4.78 is 0. The van der Waals surface area contributed by atoms with Crippen molar-refractivity contribution in [1.29, 1.82) is 0 Å². The molecule has 2 aromatic rings. The van der Waals surface area contributed by atoms with E-state index in [0.29, 0.717) is 6.42 Å². The normalized spacial score (nSPS) is 12.6. The molecule has 2 aromatic carbocycles. The van der Waals surface area contributed by atoms with Crippen LogP contribution in [-0.2, 0) is 0 Å². The van der Waals surface area contributed by atoms with Crippen molar-refractivity contribution in [2.24, 2.45) is 0 Å². The van der Waals surface area contributed by atoms with E-state index in [4.69, 9.17) is 0 Å². The third-order valence-corrected chi connectivity index (χ3v) is 2.57. The third kappa shape index (κ3) is 1.92. The Labute approximate surface area is 89.7 Å². The first-order valence-corrected chi connectivity index (χ1v) is 5.09. The molecule has 1 N–H and O–H groups in total. The maximum atomic E-state index is 9.95. The highest BCUT2D eigenvalue weighted by molar-refractivity contribution is 5.85. The fourth-order valence-corrected chi connectivity index (χ4v) is 1.83. The van der Waals surface area contributed by atoms with Gasteiger partial charge in [-0.3, -0.25) is 0 Å². The molecule has 1 atom stereocenters. The molecule has 0 radical (unpaired) electrons. The summed E-state index contributed by atoms with van der Waals surface area (Å²) in [5.41, 5.74) is 0.980. The molecule has 0 amide bonds. The van der Waals surface area contributed by atoms with Crippen LogP contribution in [0.5, 0.6) is 0 Å². The molecule has 0 aromatic heterocycles. The first kappa shape index (κ1) is 9.94. The maximum Gasteiger partial charge on any atom is 0.0830 e. The highest BCUT2D eigenvalue weighted by Gasteiger charge is 2.08. The second kappa shape index (κ2) is 4.28. The van der Waals surface area contributed by atoms with Gasteiger partial charge in [-0.1, -0.05) is 48.5 Å². The largest absolute Gasteiger partial charge is 0.388 e. The zero-order valence-corrected chi connectivity index (χ0v) is 8.56. The number of rotatable bonds is 3. The van der Waals surface area contributed by atoms with E-state index in [0.717, 1.165) is 16.3 Å². The molecule has 15 heavy (non-hydrogen) atoms. The molecule has 0 bridgehead atoms. The van der Waals surface area contributed by atoms with Crippen molar-refractivity contribution in [3.8, 4) is 0 Å². The standard InChI is InChI=1S/C14H14O/c1-2-6-14(15)13-10-5-8-11-7-3-4-9-12(11)13/h2-5,7-10,14-15H,1,6H2/t14-/m0/s1. The molecule has 0 fully saturated rings. The van der Waals surface area contributed by atoms with Crippen LogP contribution in [0.2, 0.25) is 0 Å². The topological polar surface area (TPSA) is 20.2 Å². The van der Waals surface area contributed by atoms with Crippen LogP contribution in [0.1, 0.15) is 18.1 Å². The molecule has 0 aliphatic carbocycles. The second-order valence-electron chi connectivity index (χ2n) is 3.61. The predicted molar refractivity (Wildman–Crippen MR) is 63.7 cm³/mol. The van der Waals surface area contributed by atoms with Gasteiger partial charge < -0.3 is 5.11 Å². The van der Waals surface area contributed by atoms with Crippen molar-refractivity contribution in [3.63, 3.8) is 0 Å². The van der Waals surface area contributed by atoms with E-state index in [-0.39, 0.29) is 0 Å². The predicted octanol–water partition coefficient (Wildman–Crippen LogP) is 3.45. The van der Waals surface area contributed by atoms with Crippen molar-refractivity contribution in [1.82, 2.24) is 0 Å². The van der Waals surface area contributed by atoms with Crippen LogP contribution in [0.15, 0.2) is 55.1 Å². The maximum absolute atomic E-state index is 9.95. The van der Waals surface area contributed by atoms with Crippen LogP contribution in [0, 0.1) is 0 Å². The quantitative estimate of drug-likeness (QED) is 0.749. The molecule has 2 rings (SSSR count). The summed E-state index contributed by atoms with van der Waals surface area (Å²) in [6.45, 7) is 3.65. The first-order chi connectivity index (χ1) is 7.33. The van der Waals surface area contributed by atoms with Gasteiger partial charge in [0.05, 0.1) is 6.10 Å². The highest BCUT2D eigenvalue weighted by atomic mass is 16.3. The Kier molecular flexibility index (Phi) is 2.84. The Morgan fingerprint density at radius 3 is 2.67 bits per heavy atom. The number of aliphatic hydroxyl groups excluding tert-OH is 1. The summed E-state index contributed by atoms with van der Waals surface area (Å²) in [4.78, 5) is 0. The third-order valence-electron chi connectivity index (χ3n) is 2.57. The van der Waals surface area contributed by atoms with Crippen molar-refractivity contribution in [2.75, 3.05) is 0 Å². The molecule has 0 spiro atoms. The van der Waals surface area contributed by atoms with E-state index in [2.05, 4.69) is 18.7 Å². The average molecular weight is 198 g/mol. The van der Waals surface area contributed by atoms with Crippen molar-refractivity contribution < 1.29 is 5.11 Å². The summed E-state index contributed by atoms with van der Waals surface area (Å²) in [6.07, 6.45) is 1.88. The fourth-order valence-electron chi connectivity index (χ4n) is 1.83. The molecule has 76 valence electrons. The number of benzene rings is 2. The second-order valence-corrected chi connectivity index (χ2v) is 3.61. The summed E-state index contributed by atoms with van der Waals surface area (Å²) in [5.74, 6) is 0. The molecular weight excluding hydrogens is 184 g/mol. The van der Waals surface area contributed by atoms with E-state index in [9.17, 15) is 5.11 Å². The van der Waals surface area contributed by atoms with Gasteiger partial charge in [0.1, 0.15) is 0 Å². The van der Waals surface area contributed by atoms with Crippen LogP contribution >= 0.6 is 0 Å². The Bertz CT molecular complexity index is 468. The van der Waals surface area contributed by atoms with E-state index >= 15 is 0 Å². The van der Waals surface area contributed by atoms with Gasteiger partial charge in [0.15, 0.2) is 0 Å². The molecular formula is C14H14O. The lowest BCUT2D eigenvalue weighted by Gasteiger charge is -2.11. The van der Waals surface area contributed by atoms with Crippen LogP contribution in [0.3, 0.4) is 0 Å². The van der Waals surface area contributed by atoms with Gasteiger partial charge >= 0.3 is 0 Å². The van der Waals surface area contributed by atoms with Gasteiger partial charge in [0, 0.05) is 0 Å². The first-order valence-electron chi connectivity index (χ1n) is 5.09. The van der Waals surface area contributed by atoms with Gasteiger partial charge in [0.25, 0.3) is 0 Å². The SMILES string of the molecule is C=CC[C@H](O)c1cccc2ccccc12. The zero-order chi connectivity index (χ0) is 10.7. The average Bonchev–Trinajstić information content (AvgIpc) is 2.28.